The van der Waals surface area contributed by atoms with Gasteiger partial charge in [0.15, 0.2) is 13.5 Å². The number of aliphatic hydroxyl groups excluding tert-OH is 1. The predicted molar refractivity (Wildman–Crippen MR) is 63.5 cm³/mol. The van der Waals surface area contributed by atoms with Crippen molar-refractivity contribution in [3.63, 3.8) is 0 Å². The Bertz CT molecular complexity index is 485. The molecule has 16 heavy (non-hydrogen) atoms. The summed E-state index contributed by atoms with van der Waals surface area (Å²) in [6.45, 7) is 1.33. The van der Waals surface area contributed by atoms with E-state index in [1.807, 2.05) is 0 Å². The van der Waals surface area contributed by atoms with Crippen LogP contribution in [0.15, 0.2) is 24.3 Å². The second kappa shape index (κ2) is 4.43. The van der Waals surface area contributed by atoms with Crippen LogP contribution in [0.25, 0.3) is 0 Å². The van der Waals surface area contributed by atoms with Gasteiger partial charge in [-0.1, -0.05) is 28.1 Å². The lowest BCUT2D eigenvalue weighted by Crippen LogP contribution is -2.34. The number of aliphatic hydroxyl groups is 1. The van der Waals surface area contributed by atoms with Crippen molar-refractivity contribution in [3.8, 4) is 0 Å². The maximum absolute atomic E-state index is 12.9. The lowest BCUT2D eigenvalue weighted by Gasteiger charge is -2.26. The van der Waals surface area contributed by atoms with Gasteiger partial charge in [-0.3, -0.25) is 0 Å². The van der Waals surface area contributed by atoms with E-state index in [0.29, 0.717) is 0 Å². The molecule has 1 N–H and O–H groups in total. The second-order valence-electron chi connectivity index (χ2n) is 3.72. The molecule has 0 aliphatic rings. The van der Waals surface area contributed by atoms with Crippen LogP contribution >= 0.6 is 15.9 Å². The molecule has 0 spiro atoms. The molecule has 1 aromatic rings. The molecule has 0 aliphatic carbocycles. The highest BCUT2D eigenvalue weighted by Crippen LogP contribution is 2.37. The van der Waals surface area contributed by atoms with Gasteiger partial charge in [-0.05, 0) is 24.6 Å². The maximum atomic E-state index is 12.9. The highest BCUT2D eigenvalue weighted by atomic mass is 79.9. The molecule has 1 aromatic carbocycles. The minimum Gasteiger partial charge on any atom is -0.386 e. The molecular formula is C10H12BrFO3S. The van der Waals surface area contributed by atoms with Crippen LogP contribution in [-0.4, -0.2) is 23.4 Å². The first kappa shape index (κ1) is 13.6. The summed E-state index contributed by atoms with van der Waals surface area (Å²) in [5, 5.41) is 9.92. The lowest BCUT2D eigenvalue weighted by atomic mass is 10.1. The Morgan fingerprint density at radius 1 is 1.50 bits per heavy atom. The molecule has 0 amide bonds. The summed E-state index contributed by atoms with van der Waals surface area (Å²) in [6.07, 6.45) is -0.331. The van der Waals surface area contributed by atoms with Gasteiger partial charge in [0.2, 0.25) is 0 Å². The lowest BCUT2D eigenvalue weighted by molar-refractivity contribution is 0.167. The van der Waals surface area contributed by atoms with Crippen LogP contribution in [0.3, 0.4) is 0 Å². The van der Waals surface area contributed by atoms with Gasteiger partial charge in [0.1, 0.15) is 11.9 Å². The molecule has 0 bridgehead atoms. The monoisotopic (exact) mass is 310 g/mol. The SMILES string of the molecule is C[C@](Br)([C@@H](O)c1cccc(F)c1)S(C)(=O)=O. The summed E-state index contributed by atoms with van der Waals surface area (Å²) in [7, 11) is -3.52. The molecule has 2 atom stereocenters. The second-order valence-corrected chi connectivity index (χ2v) is 8.28. The Kier molecular flexibility index (Phi) is 3.76. The quantitative estimate of drug-likeness (QED) is 0.869. The molecule has 0 fully saturated rings. The largest absolute Gasteiger partial charge is 0.386 e. The molecule has 0 saturated heterocycles. The zero-order valence-electron chi connectivity index (χ0n) is 8.81. The zero-order chi connectivity index (χ0) is 12.6. The van der Waals surface area contributed by atoms with Gasteiger partial charge in [0.05, 0.1) is 0 Å². The molecule has 0 heterocycles. The number of hydrogen-bond acceptors (Lipinski definition) is 3. The summed E-state index contributed by atoms with van der Waals surface area (Å²) in [6, 6.07) is 5.22. The van der Waals surface area contributed by atoms with Crippen molar-refractivity contribution >= 4 is 25.8 Å². The first-order valence-corrected chi connectivity index (χ1v) is 7.16. The van der Waals surface area contributed by atoms with Crippen LogP contribution in [0.2, 0.25) is 0 Å². The van der Waals surface area contributed by atoms with Crippen LogP contribution in [-0.2, 0) is 9.84 Å². The van der Waals surface area contributed by atoms with Gasteiger partial charge in [0.25, 0.3) is 0 Å². The minimum atomic E-state index is -3.52. The summed E-state index contributed by atoms with van der Waals surface area (Å²) in [5.74, 6) is -0.520. The van der Waals surface area contributed by atoms with E-state index in [0.717, 1.165) is 12.3 Å². The maximum Gasteiger partial charge on any atom is 0.165 e. The molecular weight excluding hydrogens is 299 g/mol. The van der Waals surface area contributed by atoms with Gasteiger partial charge in [-0.15, -0.1) is 0 Å². The number of halogens is 2. The number of sulfone groups is 1. The van der Waals surface area contributed by atoms with Gasteiger partial charge in [-0.2, -0.15) is 0 Å². The normalized spacial score (nSPS) is 17.8. The third kappa shape index (κ3) is 2.61. The molecule has 0 saturated carbocycles. The topological polar surface area (TPSA) is 54.4 Å². The van der Waals surface area contributed by atoms with Crippen molar-refractivity contribution in [2.45, 2.75) is 16.7 Å². The fourth-order valence-corrected chi connectivity index (χ4v) is 1.98. The zero-order valence-corrected chi connectivity index (χ0v) is 11.2. The van der Waals surface area contributed by atoms with Crippen molar-refractivity contribution in [3.05, 3.63) is 35.6 Å². The molecule has 0 unspecified atom stereocenters. The van der Waals surface area contributed by atoms with E-state index in [-0.39, 0.29) is 5.56 Å². The molecule has 0 radical (unpaired) electrons. The molecule has 1 rings (SSSR count). The third-order valence-electron chi connectivity index (χ3n) is 2.38. The van der Waals surface area contributed by atoms with E-state index in [1.54, 1.807) is 0 Å². The molecule has 6 heteroatoms. The molecule has 90 valence electrons. The van der Waals surface area contributed by atoms with Crippen LogP contribution in [0, 0.1) is 5.82 Å². The standard InChI is InChI=1S/C10H12BrFO3S/c1-10(11,16(2,14)15)9(13)7-4-3-5-8(12)6-7/h3-6,9,13H,1-2H3/t9-,10+/m0/s1. The van der Waals surface area contributed by atoms with Crippen molar-refractivity contribution in [1.29, 1.82) is 0 Å². The Morgan fingerprint density at radius 3 is 2.50 bits per heavy atom. The van der Waals surface area contributed by atoms with Gasteiger partial charge >= 0.3 is 0 Å². The summed E-state index contributed by atoms with van der Waals surface area (Å²) in [5.41, 5.74) is 0.213. The first-order chi connectivity index (χ1) is 7.16. The van der Waals surface area contributed by atoms with Gasteiger partial charge in [-0.25, -0.2) is 12.8 Å². The molecule has 0 aliphatic heterocycles. The average molecular weight is 311 g/mol. The van der Waals surface area contributed by atoms with E-state index in [9.17, 15) is 17.9 Å². The fraction of sp³-hybridized carbons (Fsp3) is 0.400. The van der Waals surface area contributed by atoms with Gasteiger partial charge < -0.3 is 5.11 Å². The molecule has 0 aromatic heterocycles. The van der Waals surface area contributed by atoms with E-state index in [2.05, 4.69) is 15.9 Å². The van der Waals surface area contributed by atoms with Crippen LogP contribution in [0.4, 0.5) is 4.39 Å². The highest BCUT2D eigenvalue weighted by Gasteiger charge is 2.41. The van der Waals surface area contributed by atoms with E-state index >= 15 is 0 Å². The van der Waals surface area contributed by atoms with E-state index in [1.165, 1.54) is 25.1 Å². The minimum absolute atomic E-state index is 0.213. The highest BCUT2D eigenvalue weighted by molar-refractivity contribution is 9.11. The van der Waals surface area contributed by atoms with E-state index < -0.39 is 25.4 Å². The van der Waals surface area contributed by atoms with Crippen LogP contribution < -0.4 is 0 Å². The number of alkyl halides is 1. The van der Waals surface area contributed by atoms with Crippen molar-refractivity contribution < 1.29 is 17.9 Å². The molecule has 3 nitrogen and oxygen atoms in total. The third-order valence-corrected chi connectivity index (χ3v) is 6.25. The number of rotatable bonds is 3. The summed E-state index contributed by atoms with van der Waals surface area (Å²) in [4.78, 5) is 0. The van der Waals surface area contributed by atoms with E-state index in [4.69, 9.17) is 0 Å². The van der Waals surface area contributed by atoms with Crippen molar-refractivity contribution in [2.75, 3.05) is 6.26 Å². The number of benzene rings is 1. The summed E-state index contributed by atoms with van der Waals surface area (Å²) < 4.78 is 34.3. The van der Waals surface area contributed by atoms with Crippen molar-refractivity contribution in [1.82, 2.24) is 0 Å². The smallest absolute Gasteiger partial charge is 0.165 e. The Balaban J connectivity index is 3.17. The predicted octanol–water partition coefficient (Wildman–Crippen LogP) is 2.01. The van der Waals surface area contributed by atoms with Crippen LogP contribution in [0.1, 0.15) is 18.6 Å². The Hall–Kier alpha value is -0.460. The summed E-state index contributed by atoms with van der Waals surface area (Å²) >= 11 is 2.97. The Labute approximate surface area is 102 Å². The fourth-order valence-electron chi connectivity index (χ4n) is 1.18. The van der Waals surface area contributed by atoms with Gasteiger partial charge in [0, 0.05) is 6.26 Å². The Morgan fingerprint density at radius 2 is 2.06 bits per heavy atom. The number of hydrogen-bond donors (Lipinski definition) is 1. The average Bonchev–Trinajstić information content (AvgIpc) is 2.14. The van der Waals surface area contributed by atoms with Crippen molar-refractivity contribution in [2.24, 2.45) is 0 Å². The first-order valence-electron chi connectivity index (χ1n) is 4.48. The van der Waals surface area contributed by atoms with Crippen LogP contribution in [0.5, 0.6) is 0 Å².